The van der Waals surface area contributed by atoms with Gasteiger partial charge >= 0.3 is 13.6 Å². The molecule has 0 atom stereocenters. The maximum absolute atomic E-state index is 12.2. The van der Waals surface area contributed by atoms with Crippen LogP contribution in [0.15, 0.2) is 48.5 Å². The molecule has 0 spiro atoms. The van der Waals surface area contributed by atoms with E-state index in [1.807, 2.05) is 0 Å². The molecule has 0 aliphatic carbocycles. The quantitative estimate of drug-likeness (QED) is 0.204. The van der Waals surface area contributed by atoms with E-state index >= 15 is 0 Å². The molecule has 0 aliphatic rings. The summed E-state index contributed by atoms with van der Waals surface area (Å²) in [6.07, 6.45) is -0.392. The summed E-state index contributed by atoms with van der Waals surface area (Å²) >= 11 is 0. The highest BCUT2D eigenvalue weighted by molar-refractivity contribution is 7.50. The van der Waals surface area contributed by atoms with Crippen LogP contribution in [0.25, 0.3) is 10.9 Å². The van der Waals surface area contributed by atoms with E-state index in [0.29, 0.717) is 16.5 Å². The summed E-state index contributed by atoms with van der Waals surface area (Å²) in [6.45, 7) is 0. The van der Waals surface area contributed by atoms with Gasteiger partial charge in [-0.2, -0.15) is 0 Å². The molecule has 0 saturated heterocycles. The summed E-state index contributed by atoms with van der Waals surface area (Å²) in [5.41, 5.74) is 1.08. The Labute approximate surface area is 146 Å². The Kier molecular flexibility index (Phi) is 4.60. The first kappa shape index (κ1) is 17.8. The van der Waals surface area contributed by atoms with E-state index in [4.69, 9.17) is 14.5 Å². The Morgan fingerprint density at radius 1 is 1.15 bits per heavy atom. The number of esters is 1. The van der Waals surface area contributed by atoms with Crippen molar-refractivity contribution in [2.24, 2.45) is 0 Å². The summed E-state index contributed by atoms with van der Waals surface area (Å²) in [6, 6.07) is 11.3. The zero-order chi connectivity index (χ0) is 18.9. The molecule has 26 heavy (non-hydrogen) atoms. The van der Waals surface area contributed by atoms with Gasteiger partial charge in [0.05, 0.1) is 11.1 Å². The Balaban J connectivity index is 1.79. The van der Waals surface area contributed by atoms with Crippen molar-refractivity contribution < 1.29 is 28.8 Å². The zero-order valence-corrected chi connectivity index (χ0v) is 14.1. The maximum Gasteiger partial charge on any atom is 0.360 e. The Bertz CT molecular complexity index is 1040. The van der Waals surface area contributed by atoms with Gasteiger partial charge in [-0.1, -0.05) is 6.07 Å². The summed E-state index contributed by atoms with van der Waals surface area (Å²) < 4.78 is 16.2. The van der Waals surface area contributed by atoms with Gasteiger partial charge in [0.25, 0.3) is 5.69 Å². The van der Waals surface area contributed by atoms with E-state index in [-0.39, 0.29) is 17.1 Å². The number of nitro benzene ring substituents is 1. The number of carbonyl (C=O) groups excluding carboxylic acids is 1. The highest BCUT2D eigenvalue weighted by Gasteiger charge is 2.16. The minimum absolute atomic E-state index is 0.118. The highest BCUT2D eigenvalue weighted by atomic mass is 31.2. The third-order valence-corrected chi connectivity index (χ3v) is 4.33. The molecule has 10 heteroatoms. The van der Waals surface area contributed by atoms with Crippen LogP contribution in [0.3, 0.4) is 0 Å². The second-order valence-corrected chi connectivity index (χ2v) is 7.21. The monoisotopic (exact) mass is 376 g/mol. The van der Waals surface area contributed by atoms with Crippen LogP contribution in [-0.4, -0.2) is 25.7 Å². The molecule has 0 fully saturated rings. The molecule has 0 unspecified atom stereocenters. The summed E-state index contributed by atoms with van der Waals surface area (Å²) in [4.78, 5) is 43.2. The molecular formula is C16H13N2O7P. The number of aromatic amines is 1. The van der Waals surface area contributed by atoms with Crippen molar-refractivity contribution in [3.8, 4) is 5.75 Å². The summed E-state index contributed by atoms with van der Waals surface area (Å²) in [5.74, 6) is -0.534. The van der Waals surface area contributed by atoms with Gasteiger partial charge in [-0.25, -0.2) is 4.79 Å². The Morgan fingerprint density at radius 2 is 1.85 bits per heavy atom. The van der Waals surface area contributed by atoms with Crippen LogP contribution in [0, 0.1) is 10.1 Å². The van der Waals surface area contributed by atoms with Crippen molar-refractivity contribution in [3.63, 3.8) is 0 Å². The fourth-order valence-corrected chi connectivity index (χ4v) is 3.10. The highest BCUT2D eigenvalue weighted by Crippen LogP contribution is 2.39. The molecule has 3 N–H and O–H groups in total. The number of nitrogens with one attached hydrogen (secondary N) is 1. The van der Waals surface area contributed by atoms with E-state index in [2.05, 4.69) is 4.98 Å². The Hall–Kier alpha value is -3.00. The van der Waals surface area contributed by atoms with Crippen LogP contribution in [0.4, 0.5) is 5.69 Å². The number of hydrogen-bond acceptors (Lipinski definition) is 5. The molecule has 1 heterocycles. The molecular weight excluding hydrogens is 363 g/mol. The first-order valence-electron chi connectivity index (χ1n) is 7.34. The minimum atomic E-state index is -4.18. The standard InChI is InChI=1S/C16H13N2O7P/c19-16(25-13-4-2-12(3-5-13)18(20)21)15-8-11-7-10(9-26(22,23)24)1-6-14(11)17-15/h1-8,17H,9H2,(H2,22,23,24). The number of hydrogen-bond donors (Lipinski definition) is 3. The lowest BCUT2D eigenvalue weighted by Crippen LogP contribution is -2.08. The number of nitrogens with zero attached hydrogens (tertiary/aromatic N) is 1. The van der Waals surface area contributed by atoms with Gasteiger partial charge in [0.2, 0.25) is 0 Å². The summed E-state index contributed by atoms with van der Waals surface area (Å²) in [5, 5.41) is 11.2. The van der Waals surface area contributed by atoms with Crippen molar-refractivity contribution >= 4 is 30.2 Å². The van der Waals surface area contributed by atoms with Gasteiger partial charge in [-0.3, -0.25) is 14.7 Å². The van der Waals surface area contributed by atoms with Crippen molar-refractivity contribution in [1.82, 2.24) is 4.98 Å². The zero-order valence-electron chi connectivity index (χ0n) is 13.2. The largest absolute Gasteiger partial charge is 0.422 e. The van der Waals surface area contributed by atoms with Gasteiger partial charge in [-0.05, 0) is 35.9 Å². The molecule has 0 aliphatic heterocycles. The smallest absolute Gasteiger partial charge is 0.360 e. The van der Waals surface area contributed by atoms with Crippen LogP contribution in [0.5, 0.6) is 5.75 Å². The average molecular weight is 376 g/mol. The number of fused-ring (bicyclic) bond motifs is 1. The molecule has 0 bridgehead atoms. The third-order valence-electron chi connectivity index (χ3n) is 3.55. The molecule has 3 aromatic rings. The van der Waals surface area contributed by atoms with Crippen molar-refractivity contribution in [2.75, 3.05) is 0 Å². The number of H-pyrrole nitrogens is 1. The second-order valence-electron chi connectivity index (χ2n) is 5.57. The minimum Gasteiger partial charge on any atom is -0.422 e. The van der Waals surface area contributed by atoms with Crippen LogP contribution in [0.1, 0.15) is 16.1 Å². The number of nitro groups is 1. The van der Waals surface area contributed by atoms with Crippen molar-refractivity contribution in [3.05, 3.63) is 69.9 Å². The van der Waals surface area contributed by atoms with Crippen LogP contribution >= 0.6 is 7.60 Å². The SMILES string of the molecule is O=C(Oc1ccc([N+](=O)[O-])cc1)c1cc2cc(CP(=O)(O)O)ccc2[nH]1. The molecule has 134 valence electrons. The summed E-state index contributed by atoms with van der Waals surface area (Å²) in [7, 11) is -4.18. The molecule has 3 rings (SSSR count). The molecule has 9 nitrogen and oxygen atoms in total. The first-order chi connectivity index (χ1) is 12.2. The predicted molar refractivity (Wildman–Crippen MR) is 92.1 cm³/mol. The van der Waals surface area contributed by atoms with E-state index in [0.717, 1.165) is 0 Å². The van der Waals surface area contributed by atoms with Crippen molar-refractivity contribution in [2.45, 2.75) is 6.16 Å². The van der Waals surface area contributed by atoms with E-state index in [9.17, 15) is 19.5 Å². The second kappa shape index (κ2) is 6.72. The number of ether oxygens (including phenoxy) is 1. The number of non-ortho nitro benzene ring substituents is 1. The molecule has 0 radical (unpaired) electrons. The lowest BCUT2D eigenvalue weighted by atomic mass is 10.2. The van der Waals surface area contributed by atoms with Crippen molar-refractivity contribution in [1.29, 1.82) is 0 Å². The van der Waals surface area contributed by atoms with Gasteiger partial charge in [0.1, 0.15) is 11.4 Å². The lowest BCUT2D eigenvalue weighted by molar-refractivity contribution is -0.384. The predicted octanol–water partition coefficient (Wildman–Crippen LogP) is 2.97. The topological polar surface area (TPSA) is 143 Å². The molecule has 1 aromatic heterocycles. The normalized spacial score (nSPS) is 11.5. The molecule has 0 saturated carbocycles. The Morgan fingerprint density at radius 3 is 2.46 bits per heavy atom. The third kappa shape index (κ3) is 4.15. The first-order valence-corrected chi connectivity index (χ1v) is 9.14. The van der Waals surface area contributed by atoms with Gasteiger partial charge in [0.15, 0.2) is 0 Å². The van der Waals surface area contributed by atoms with E-state index < -0.39 is 24.7 Å². The fraction of sp³-hybridized carbons (Fsp3) is 0.0625. The number of aromatic nitrogens is 1. The van der Waals surface area contributed by atoms with E-state index in [1.54, 1.807) is 18.2 Å². The molecule has 0 amide bonds. The van der Waals surface area contributed by atoms with E-state index in [1.165, 1.54) is 30.3 Å². The number of rotatable bonds is 5. The van der Waals surface area contributed by atoms with Gasteiger partial charge in [-0.15, -0.1) is 0 Å². The average Bonchev–Trinajstić information content (AvgIpc) is 2.97. The van der Waals surface area contributed by atoms with Crippen LogP contribution in [0.2, 0.25) is 0 Å². The van der Waals surface area contributed by atoms with Crippen LogP contribution in [-0.2, 0) is 10.7 Å². The number of benzene rings is 2. The lowest BCUT2D eigenvalue weighted by Gasteiger charge is -2.03. The van der Waals surface area contributed by atoms with Crippen LogP contribution < -0.4 is 4.74 Å². The number of carbonyl (C=O) groups is 1. The fourth-order valence-electron chi connectivity index (χ4n) is 2.43. The van der Waals surface area contributed by atoms with Gasteiger partial charge < -0.3 is 19.5 Å². The van der Waals surface area contributed by atoms with Gasteiger partial charge in [0, 0.05) is 23.0 Å². The molecule has 2 aromatic carbocycles. The maximum atomic E-state index is 12.2.